The molecule has 0 radical (unpaired) electrons. The molecule has 5 aromatic rings. The lowest BCUT2D eigenvalue weighted by molar-refractivity contribution is 0.621. The van der Waals surface area contributed by atoms with Gasteiger partial charge in [0.15, 0.2) is 0 Å². The summed E-state index contributed by atoms with van der Waals surface area (Å²) in [5.74, 6) is 0.904. The number of fused-ring (bicyclic) bond motifs is 8. The topological polar surface area (TPSA) is 3.24 Å². The third kappa shape index (κ3) is 5.23. The first-order chi connectivity index (χ1) is 28.6. The quantitative estimate of drug-likeness (QED) is 0.167. The predicted octanol–water partition coefficient (Wildman–Crippen LogP) is 13.9. The van der Waals surface area contributed by atoms with E-state index in [2.05, 4.69) is 218 Å². The minimum atomic E-state index is -0.457. The van der Waals surface area contributed by atoms with Crippen molar-refractivity contribution in [1.82, 2.24) is 0 Å². The fraction of sp³-hybridized carbons (Fsp3) is 0.123. The molecule has 0 fully saturated rings. The molecule has 0 saturated carbocycles. The lowest BCUT2D eigenvalue weighted by Gasteiger charge is -2.39. The average Bonchev–Trinajstić information content (AvgIpc) is 3.58. The van der Waals surface area contributed by atoms with Crippen LogP contribution in [0.2, 0.25) is 0 Å². The Balaban J connectivity index is 1.14. The molecule has 11 rings (SSSR count). The molecular formula is C57H45N. The summed E-state index contributed by atoms with van der Waals surface area (Å²) < 4.78 is 0. The van der Waals surface area contributed by atoms with Gasteiger partial charge in [0.05, 0.1) is 5.41 Å². The summed E-state index contributed by atoms with van der Waals surface area (Å²) in [6.07, 6.45) is 29.3. The molecule has 0 amide bonds. The number of anilines is 1. The average molecular weight is 744 g/mol. The SMILES string of the molecule is C=C1C=CC=CC1C1C=C(N(C2=CC3=C(CC2)c2ccccc2C3(c2ccccc2)c2ccccc2)c2ccc3c(c2)-c2ccccc2C2C=CC=CC32)C=CC1=C. The van der Waals surface area contributed by atoms with E-state index in [9.17, 15) is 0 Å². The molecule has 0 aromatic heterocycles. The first-order valence-corrected chi connectivity index (χ1v) is 20.8. The van der Waals surface area contributed by atoms with Gasteiger partial charge >= 0.3 is 0 Å². The van der Waals surface area contributed by atoms with Crippen LogP contribution in [0.15, 0.2) is 242 Å². The largest absolute Gasteiger partial charge is 0.314 e. The van der Waals surface area contributed by atoms with Gasteiger partial charge in [-0.3, -0.25) is 0 Å². The zero-order valence-corrected chi connectivity index (χ0v) is 32.6. The van der Waals surface area contributed by atoms with Crippen LogP contribution in [-0.2, 0) is 5.41 Å². The van der Waals surface area contributed by atoms with Crippen molar-refractivity contribution < 1.29 is 0 Å². The van der Waals surface area contributed by atoms with Crippen LogP contribution in [0.1, 0.15) is 58.1 Å². The predicted molar refractivity (Wildman–Crippen MR) is 242 cm³/mol. The Kier molecular flexibility index (Phi) is 8.19. The highest BCUT2D eigenvalue weighted by molar-refractivity contribution is 5.89. The Morgan fingerprint density at radius 2 is 1.14 bits per heavy atom. The summed E-state index contributed by atoms with van der Waals surface area (Å²) in [4.78, 5) is 2.57. The molecule has 6 aliphatic rings. The number of benzene rings is 5. The number of hydrogen-bond acceptors (Lipinski definition) is 1. The number of allylic oxidation sites excluding steroid dienone is 17. The van der Waals surface area contributed by atoms with Crippen LogP contribution >= 0.6 is 0 Å². The highest BCUT2D eigenvalue weighted by Crippen LogP contribution is 2.58. The van der Waals surface area contributed by atoms with Gasteiger partial charge in [-0.1, -0.05) is 189 Å². The molecule has 0 saturated heterocycles. The van der Waals surface area contributed by atoms with Crippen molar-refractivity contribution in [3.05, 3.63) is 275 Å². The standard InChI is InChI=1S/C57H45N/c1-38-17-9-10-22-45(38)53-35-42(30-29-39(53)2)58(43-31-33-50-48-25-12-11-23-46(48)47-24-13-14-26-49(47)54(50)36-43)44-32-34-52-51-27-15-16-28-55(51)57(56(52)37-44,40-18-5-3-6-19-40)41-20-7-4-8-21-41/h3-31,33,35-37,45-46,48,53H,1-2,32,34H2. The third-order valence-electron chi connectivity index (χ3n) is 13.5. The van der Waals surface area contributed by atoms with Crippen molar-refractivity contribution in [2.24, 2.45) is 11.8 Å². The minimum Gasteiger partial charge on any atom is -0.314 e. The number of hydrogen-bond donors (Lipinski definition) is 0. The van der Waals surface area contributed by atoms with E-state index in [0.29, 0.717) is 11.8 Å². The van der Waals surface area contributed by atoms with Crippen molar-refractivity contribution in [1.29, 1.82) is 0 Å². The van der Waals surface area contributed by atoms with E-state index in [1.165, 1.54) is 72.7 Å². The lowest BCUT2D eigenvalue weighted by Crippen LogP contribution is -2.31. The summed E-state index contributed by atoms with van der Waals surface area (Å²) in [7, 11) is 0. The summed E-state index contributed by atoms with van der Waals surface area (Å²) >= 11 is 0. The third-order valence-corrected chi connectivity index (χ3v) is 13.5. The molecular weight excluding hydrogens is 699 g/mol. The van der Waals surface area contributed by atoms with E-state index >= 15 is 0 Å². The van der Waals surface area contributed by atoms with Crippen LogP contribution in [-0.4, -0.2) is 0 Å². The van der Waals surface area contributed by atoms with Gasteiger partial charge in [0.1, 0.15) is 0 Å². The highest BCUT2D eigenvalue weighted by Gasteiger charge is 2.48. The van der Waals surface area contributed by atoms with Crippen LogP contribution in [0, 0.1) is 11.8 Å². The van der Waals surface area contributed by atoms with Crippen LogP contribution in [0.4, 0.5) is 5.69 Å². The van der Waals surface area contributed by atoms with Crippen LogP contribution < -0.4 is 4.90 Å². The van der Waals surface area contributed by atoms with E-state index in [1.54, 1.807) is 0 Å². The first kappa shape index (κ1) is 34.5. The van der Waals surface area contributed by atoms with E-state index in [4.69, 9.17) is 0 Å². The van der Waals surface area contributed by atoms with E-state index in [-0.39, 0.29) is 11.8 Å². The molecule has 278 valence electrons. The summed E-state index contributed by atoms with van der Waals surface area (Å²) in [5, 5.41) is 0. The lowest BCUT2D eigenvalue weighted by atomic mass is 9.66. The van der Waals surface area contributed by atoms with Gasteiger partial charge in [0, 0.05) is 40.8 Å². The van der Waals surface area contributed by atoms with Crippen LogP contribution in [0.25, 0.3) is 16.7 Å². The van der Waals surface area contributed by atoms with Crippen molar-refractivity contribution in [3.63, 3.8) is 0 Å². The van der Waals surface area contributed by atoms with Crippen molar-refractivity contribution in [2.75, 3.05) is 4.90 Å². The van der Waals surface area contributed by atoms with Gasteiger partial charge < -0.3 is 4.90 Å². The van der Waals surface area contributed by atoms with Gasteiger partial charge in [-0.2, -0.15) is 0 Å². The molecule has 0 N–H and O–H groups in total. The van der Waals surface area contributed by atoms with Crippen LogP contribution in [0.3, 0.4) is 0 Å². The van der Waals surface area contributed by atoms with E-state index < -0.39 is 5.41 Å². The highest BCUT2D eigenvalue weighted by atomic mass is 15.2. The maximum atomic E-state index is 4.57. The normalized spacial score (nSPS) is 23.0. The second-order valence-corrected chi connectivity index (χ2v) is 16.4. The van der Waals surface area contributed by atoms with Crippen LogP contribution in [0.5, 0.6) is 0 Å². The molecule has 0 bridgehead atoms. The first-order valence-electron chi connectivity index (χ1n) is 20.8. The van der Waals surface area contributed by atoms with Gasteiger partial charge in [0.2, 0.25) is 0 Å². The maximum absolute atomic E-state index is 4.57. The van der Waals surface area contributed by atoms with Gasteiger partial charge in [-0.15, -0.1) is 0 Å². The van der Waals surface area contributed by atoms with E-state index in [0.717, 1.165) is 24.0 Å². The molecule has 0 spiro atoms. The van der Waals surface area contributed by atoms with Gasteiger partial charge in [-0.25, -0.2) is 0 Å². The molecule has 1 heteroatoms. The van der Waals surface area contributed by atoms with Gasteiger partial charge in [0.25, 0.3) is 0 Å². The number of rotatable bonds is 6. The molecule has 4 atom stereocenters. The molecule has 0 heterocycles. The Hall–Kier alpha value is -6.70. The monoisotopic (exact) mass is 743 g/mol. The fourth-order valence-corrected chi connectivity index (χ4v) is 10.9. The molecule has 4 unspecified atom stereocenters. The molecule has 5 aromatic carbocycles. The summed E-state index contributed by atoms with van der Waals surface area (Å²) in [6.45, 7) is 9.06. The molecule has 1 nitrogen and oxygen atoms in total. The van der Waals surface area contributed by atoms with Crippen molar-refractivity contribution >= 4 is 11.3 Å². The number of nitrogens with zero attached hydrogens (tertiary/aromatic N) is 1. The molecule has 6 aliphatic carbocycles. The van der Waals surface area contributed by atoms with Crippen molar-refractivity contribution in [3.8, 4) is 11.1 Å². The second kappa shape index (κ2) is 13.7. The Labute approximate surface area is 342 Å². The molecule has 0 aliphatic heterocycles. The second-order valence-electron chi connectivity index (χ2n) is 16.4. The summed E-state index contributed by atoms with van der Waals surface area (Å²) in [5.41, 5.74) is 19.0. The van der Waals surface area contributed by atoms with Gasteiger partial charge in [-0.05, 0) is 104 Å². The Morgan fingerprint density at radius 1 is 0.517 bits per heavy atom. The Morgan fingerprint density at radius 3 is 1.88 bits per heavy atom. The Bertz CT molecular complexity index is 2740. The minimum absolute atomic E-state index is 0.0944. The zero-order chi connectivity index (χ0) is 38.8. The zero-order valence-electron chi connectivity index (χ0n) is 32.6. The van der Waals surface area contributed by atoms with E-state index in [1.807, 2.05) is 0 Å². The smallest absolute Gasteiger partial charge is 0.0710 e. The fourth-order valence-electron chi connectivity index (χ4n) is 10.9. The van der Waals surface area contributed by atoms with Crippen molar-refractivity contribution in [2.45, 2.75) is 30.1 Å². The molecule has 58 heavy (non-hydrogen) atoms. The summed E-state index contributed by atoms with van der Waals surface area (Å²) in [6, 6.07) is 47.8. The maximum Gasteiger partial charge on any atom is 0.0710 e.